The molecule has 2 aromatic rings. The molecule has 4 rings (SSSR count). The van der Waals surface area contributed by atoms with E-state index in [1.165, 1.54) is 75.3 Å². The Morgan fingerprint density at radius 1 is 0.690 bits per heavy atom. The van der Waals surface area contributed by atoms with Gasteiger partial charge in [0.1, 0.15) is 0 Å². The second-order valence-electron chi connectivity index (χ2n) is 9.04. The Morgan fingerprint density at radius 3 is 1.76 bits per heavy atom. The summed E-state index contributed by atoms with van der Waals surface area (Å²) < 4.78 is 7.17. The molecule has 0 saturated heterocycles. The number of rotatable bonds is 7. The zero-order valence-electron chi connectivity index (χ0n) is 17.8. The van der Waals surface area contributed by atoms with E-state index in [0.717, 1.165) is 17.7 Å². The third-order valence-corrected chi connectivity index (χ3v) is 12.2. The van der Waals surface area contributed by atoms with Crippen LogP contribution >= 0.6 is 0 Å². The van der Waals surface area contributed by atoms with E-state index < -0.39 is 8.32 Å². The zero-order chi connectivity index (χ0) is 19.8. The monoisotopic (exact) mass is 404 g/mol. The van der Waals surface area contributed by atoms with Gasteiger partial charge in [-0.3, -0.25) is 0 Å². The van der Waals surface area contributed by atoms with Gasteiger partial charge in [-0.1, -0.05) is 137 Å². The van der Waals surface area contributed by atoms with Crippen LogP contribution in [0.1, 0.15) is 75.3 Å². The van der Waals surface area contributed by atoms with E-state index in [2.05, 4.69) is 72.4 Å². The molecule has 0 aromatic heterocycles. The number of hydrogen-bond donors (Lipinski definition) is 0. The summed E-state index contributed by atoms with van der Waals surface area (Å²) in [4.78, 5) is 0. The van der Waals surface area contributed by atoms with Crippen LogP contribution in [0.2, 0.25) is 11.1 Å². The molecule has 0 heterocycles. The van der Waals surface area contributed by atoms with Gasteiger partial charge < -0.3 is 4.43 Å². The minimum absolute atomic E-state index is 0.777. The SMILES string of the molecule is C(=C[Si](OCc1ccccc1)(C1CCCCC1)C1CCCCC1)c1ccccc1. The van der Waals surface area contributed by atoms with Crippen LogP contribution in [-0.2, 0) is 11.0 Å². The Kier molecular flexibility index (Phi) is 7.40. The van der Waals surface area contributed by atoms with Crippen molar-refractivity contribution in [2.75, 3.05) is 0 Å². The van der Waals surface area contributed by atoms with Gasteiger partial charge in [0.2, 0.25) is 8.32 Å². The average Bonchev–Trinajstić information content (AvgIpc) is 2.82. The van der Waals surface area contributed by atoms with Gasteiger partial charge in [-0.2, -0.15) is 0 Å². The molecule has 0 N–H and O–H groups in total. The average molecular weight is 405 g/mol. The maximum absolute atomic E-state index is 7.17. The fourth-order valence-electron chi connectivity index (χ4n) is 5.57. The second-order valence-corrected chi connectivity index (χ2v) is 13.0. The Labute approximate surface area is 178 Å². The largest absolute Gasteiger partial charge is 0.408 e. The molecule has 154 valence electrons. The van der Waals surface area contributed by atoms with E-state index in [0.29, 0.717) is 0 Å². The Bertz CT molecular complexity index is 725. The third kappa shape index (κ3) is 5.29. The highest BCUT2D eigenvalue weighted by Gasteiger charge is 2.48. The van der Waals surface area contributed by atoms with Gasteiger partial charge >= 0.3 is 0 Å². The van der Waals surface area contributed by atoms with Gasteiger partial charge in [-0.05, 0) is 22.2 Å². The molecule has 0 atom stereocenters. The lowest BCUT2D eigenvalue weighted by Crippen LogP contribution is -2.48. The quantitative estimate of drug-likeness (QED) is 0.424. The van der Waals surface area contributed by atoms with Gasteiger partial charge in [0, 0.05) is 0 Å². The normalized spacial score (nSPS) is 19.6. The van der Waals surface area contributed by atoms with Crippen molar-refractivity contribution in [3.8, 4) is 0 Å². The van der Waals surface area contributed by atoms with Crippen LogP contribution in [0.3, 0.4) is 0 Å². The Morgan fingerprint density at radius 2 is 1.21 bits per heavy atom. The second kappa shape index (κ2) is 10.4. The molecule has 0 spiro atoms. The van der Waals surface area contributed by atoms with Crippen LogP contribution in [0, 0.1) is 0 Å². The predicted octanol–water partition coefficient (Wildman–Crippen LogP) is 8.07. The molecule has 2 aliphatic rings. The highest BCUT2D eigenvalue weighted by molar-refractivity contribution is 6.82. The Hall–Kier alpha value is -1.64. The van der Waals surface area contributed by atoms with Crippen molar-refractivity contribution >= 4 is 14.4 Å². The predicted molar refractivity (Wildman–Crippen MR) is 126 cm³/mol. The van der Waals surface area contributed by atoms with E-state index in [-0.39, 0.29) is 0 Å². The van der Waals surface area contributed by atoms with Gasteiger partial charge in [-0.15, -0.1) is 0 Å². The van der Waals surface area contributed by atoms with Gasteiger partial charge in [0.15, 0.2) is 0 Å². The highest BCUT2D eigenvalue weighted by atomic mass is 28.4. The minimum atomic E-state index is -2.04. The summed E-state index contributed by atoms with van der Waals surface area (Å²) in [6.45, 7) is 0.777. The highest BCUT2D eigenvalue weighted by Crippen LogP contribution is 2.50. The van der Waals surface area contributed by atoms with Crippen molar-refractivity contribution in [2.24, 2.45) is 0 Å². The van der Waals surface area contributed by atoms with Crippen LogP contribution in [0.4, 0.5) is 0 Å². The van der Waals surface area contributed by atoms with Crippen LogP contribution < -0.4 is 0 Å². The van der Waals surface area contributed by atoms with Crippen molar-refractivity contribution in [1.29, 1.82) is 0 Å². The van der Waals surface area contributed by atoms with Crippen molar-refractivity contribution in [3.63, 3.8) is 0 Å². The van der Waals surface area contributed by atoms with Gasteiger partial charge in [0.05, 0.1) is 6.61 Å². The van der Waals surface area contributed by atoms with Crippen LogP contribution in [0.15, 0.2) is 66.4 Å². The summed E-state index contributed by atoms with van der Waals surface area (Å²) in [5.41, 5.74) is 6.83. The standard InChI is InChI=1S/C27H36OSi/c1-5-13-24(14-6-1)21-22-29(26-17-9-3-10-18-26,27-19-11-4-12-20-27)28-23-25-15-7-2-8-16-25/h1-2,5-8,13-16,21-22,26-27H,3-4,9-12,17-20,23H2. The maximum atomic E-state index is 7.17. The molecule has 2 heteroatoms. The maximum Gasteiger partial charge on any atom is 0.223 e. The van der Waals surface area contributed by atoms with Crippen molar-refractivity contribution in [1.82, 2.24) is 0 Å². The number of benzene rings is 2. The molecule has 0 amide bonds. The molecular weight excluding hydrogens is 368 g/mol. The van der Waals surface area contributed by atoms with E-state index >= 15 is 0 Å². The Balaban J connectivity index is 1.67. The summed E-state index contributed by atoms with van der Waals surface area (Å²) in [5, 5.41) is 0. The molecular formula is C27H36OSi. The summed E-state index contributed by atoms with van der Waals surface area (Å²) in [5.74, 6) is 0. The lowest BCUT2D eigenvalue weighted by Gasteiger charge is -2.45. The molecule has 0 aliphatic heterocycles. The zero-order valence-corrected chi connectivity index (χ0v) is 18.8. The topological polar surface area (TPSA) is 9.23 Å². The van der Waals surface area contributed by atoms with Crippen molar-refractivity contribution in [2.45, 2.75) is 81.9 Å². The van der Waals surface area contributed by atoms with Gasteiger partial charge in [0.25, 0.3) is 0 Å². The molecule has 2 saturated carbocycles. The van der Waals surface area contributed by atoms with E-state index in [9.17, 15) is 0 Å². The molecule has 1 nitrogen and oxygen atoms in total. The smallest absolute Gasteiger partial charge is 0.223 e. The van der Waals surface area contributed by atoms with Gasteiger partial charge in [-0.25, -0.2) is 0 Å². The minimum Gasteiger partial charge on any atom is -0.408 e. The first-order valence-corrected chi connectivity index (χ1v) is 13.9. The molecule has 2 aliphatic carbocycles. The fourth-order valence-corrected chi connectivity index (χ4v) is 10.8. The number of hydrogen-bond acceptors (Lipinski definition) is 1. The summed E-state index contributed by atoms with van der Waals surface area (Å²) in [7, 11) is -2.04. The molecule has 0 bridgehead atoms. The first kappa shape index (κ1) is 20.6. The van der Waals surface area contributed by atoms with Crippen LogP contribution in [0.5, 0.6) is 0 Å². The molecule has 2 fully saturated rings. The molecule has 0 unspecified atom stereocenters. The summed E-state index contributed by atoms with van der Waals surface area (Å²) in [6, 6.07) is 21.7. The van der Waals surface area contributed by atoms with Crippen molar-refractivity contribution < 1.29 is 4.43 Å². The first-order valence-electron chi connectivity index (χ1n) is 11.8. The summed E-state index contributed by atoms with van der Waals surface area (Å²) in [6.07, 6.45) is 16.3. The van der Waals surface area contributed by atoms with Crippen LogP contribution in [-0.4, -0.2) is 8.32 Å². The van der Waals surface area contributed by atoms with E-state index in [4.69, 9.17) is 4.43 Å². The lowest BCUT2D eigenvalue weighted by molar-refractivity contribution is 0.256. The fraction of sp³-hybridized carbons (Fsp3) is 0.481. The molecule has 0 radical (unpaired) electrons. The van der Waals surface area contributed by atoms with Crippen LogP contribution in [0.25, 0.3) is 6.08 Å². The first-order chi connectivity index (χ1) is 14.4. The lowest BCUT2D eigenvalue weighted by atomic mass is 9.99. The van der Waals surface area contributed by atoms with E-state index in [1.807, 2.05) is 0 Å². The third-order valence-electron chi connectivity index (χ3n) is 7.15. The molecule has 2 aromatic carbocycles. The van der Waals surface area contributed by atoms with E-state index in [1.54, 1.807) is 0 Å². The molecule has 29 heavy (non-hydrogen) atoms. The summed E-state index contributed by atoms with van der Waals surface area (Å²) >= 11 is 0. The van der Waals surface area contributed by atoms with Crippen molar-refractivity contribution in [3.05, 3.63) is 77.5 Å².